The molecule has 0 rings (SSSR count). The summed E-state index contributed by atoms with van der Waals surface area (Å²) in [4.78, 5) is 12.1. The molecule has 0 N–H and O–H groups in total. The molecule has 0 saturated carbocycles. The molecule has 0 atom stereocenters. The van der Waals surface area contributed by atoms with Crippen molar-refractivity contribution in [2.24, 2.45) is 0 Å². The van der Waals surface area contributed by atoms with Crippen molar-refractivity contribution in [3.8, 4) is 0 Å². The van der Waals surface area contributed by atoms with Crippen LogP contribution in [-0.2, 0) is 9.53 Å². The molecule has 60 heavy (non-hydrogen) atoms. The van der Waals surface area contributed by atoms with Crippen LogP contribution < -0.4 is 0 Å². The zero-order valence-electron chi connectivity index (χ0n) is 41.9. The lowest BCUT2D eigenvalue weighted by Crippen LogP contribution is -2.05. The summed E-state index contributed by atoms with van der Waals surface area (Å²) in [6.07, 6.45) is 76.8. The highest BCUT2D eigenvalue weighted by atomic mass is 16.5. The summed E-state index contributed by atoms with van der Waals surface area (Å²) < 4.78 is 5.51. The van der Waals surface area contributed by atoms with Gasteiger partial charge in [-0.15, -0.1) is 0 Å². The van der Waals surface area contributed by atoms with Gasteiger partial charge in [0.1, 0.15) is 0 Å². The molecule has 0 fully saturated rings. The van der Waals surface area contributed by atoms with Crippen LogP contribution in [0.25, 0.3) is 0 Å². The predicted octanol–water partition coefficient (Wildman–Crippen LogP) is 21.4. The minimum atomic E-state index is 0.0315. The molecule has 0 amide bonds. The summed E-state index contributed by atoms with van der Waals surface area (Å²) in [6, 6.07) is 0. The first-order valence-electron chi connectivity index (χ1n) is 28.6. The summed E-state index contributed by atoms with van der Waals surface area (Å²) in [6.45, 7) is 5.23. The highest BCUT2D eigenvalue weighted by Gasteiger charge is 2.03. The van der Waals surface area contributed by atoms with Gasteiger partial charge in [0.2, 0.25) is 0 Å². The van der Waals surface area contributed by atoms with Gasteiger partial charge in [-0.05, 0) is 38.5 Å². The van der Waals surface area contributed by atoms with Gasteiger partial charge >= 0.3 is 5.97 Å². The molecule has 0 unspecified atom stereocenters. The van der Waals surface area contributed by atoms with Gasteiger partial charge in [0, 0.05) is 6.42 Å². The Morgan fingerprint density at radius 1 is 0.267 bits per heavy atom. The van der Waals surface area contributed by atoms with Crippen molar-refractivity contribution >= 4 is 5.97 Å². The van der Waals surface area contributed by atoms with Gasteiger partial charge in [0.15, 0.2) is 0 Å². The van der Waals surface area contributed by atoms with Gasteiger partial charge < -0.3 is 4.74 Å². The normalized spacial score (nSPS) is 11.7. The van der Waals surface area contributed by atoms with E-state index in [9.17, 15) is 4.79 Å². The average molecular weight is 844 g/mol. The van der Waals surface area contributed by atoms with Gasteiger partial charge in [0.25, 0.3) is 0 Å². The van der Waals surface area contributed by atoms with Crippen molar-refractivity contribution in [2.75, 3.05) is 6.61 Å². The number of carbonyl (C=O) groups excluding carboxylic acids is 1. The number of allylic oxidation sites excluding steroid dienone is 2. The van der Waals surface area contributed by atoms with Crippen LogP contribution in [0.15, 0.2) is 12.2 Å². The van der Waals surface area contributed by atoms with E-state index in [0.717, 1.165) is 12.8 Å². The van der Waals surface area contributed by atoms with Crippen molar-refractivity contribution in [1.82, 2.24) is 0 Å². The summed E-state index contributed by atoms with van der Waals surface area (Å²) in [5, 5.41) is 0. The Kier molecular flexibility index (Phi) is 55.5. The average Bonchev–Trinajstić information content (AvgIpc) is 3.25. The first kappa shape index (κ1) is 59.2. The second-order valence-corrected chi connectivity index (χ2v) is 19.6. The lowest BCUT2D eigenvalue weighted by molar-refractivity contribution is -0.143. The Balaban J connectivity index is 3.15. The third-order valence-electron chi connectivity index (χ3n) is 13.4. The molecule has 358 valence electrons. The van der Waals surface area contributed by atoms with Crippen molar-refractivity contribution in [3.63, 3.8) is 0 Å². The number of rotatable bonds is 54. The van der Waals surface area contributed by atoms with Crippen LogP contribution in [0.4, 0.5) is 0 Å². The van der Waals surface area contributed by atoms with E-state index < -0.39 is 0 Å². The molecule has 0 aliphatic carbocycles. The van der Waals surface area contributed by atoms with E-state index in [1.165, 1.54) is 315 Å². The van der Waals surface area contributed by atoms with Crippen molar-refractivity contribution in [2.45, 2.75) is 348 Å². The Morgan fingerprint density at radius 3 is 0.717 bits per heavy atom. The van der Waals surface area contributed by atoms with E-state index in [0.29, 0.717) is 13.0 Å². The van der Waals surface area contributed by atoms with Crippen LogP contribution in [0.5, 0.6) is 0 Å². The molecule has 2 heteroatoms. The van der Waals surface area contributed by atoms with E-state index in [2.05, 4.69) is 26.0 Å². The Labute approximate surface area is 380 Å². The van der Waals surface area contributed by atoms with E-state index in [1.54, 1.807) is 0 Å². The maximum Gasteiger partial charge on any atom is 0.305 e. The lowest BCUT2D eigenvalue weighted by atomic mass is 10.0. The van der Waals surface area contributed by atoms with Gasteiger partial charge in [-0.25, -0.2) is 0 Å². The van der Waals surface area contributed by atoms with E-state index >= 15 is 0 Å². The first-order valence-corrected chi connectivity index (χ1v) is 28.6. The topological polar surface area (TPSA) is 26.3 Å². The van der Waals surface area contributed by atoms with Crippen molar-refractivity contribution < 1.29 is 9.53 Å². The lowest BCUT2D eigenvalue weighted by Gasteiger charge is -2.06. The molecule has 0 aliphatic heterocycles. The van der Waals surface area contributed by atoms with Crippen LogP contribution in [-0.4, -0.2) is 12.6 Å². The van der Waals surface area contributed by atoms with Crippen LogP contribution >= 0.6 is 0 Å². The number of carbonyl (C=O) groups is 1. The minimum absolute atomic E-state index is 0.0315. The minimum Gasteiger partial charge on any atom is -0.466 e. The second kappa shape index (κ2) is 56.2. The third kappa shape index (κ3) is 55.2. The molecule has 0 spiro atoms. The molecule has 0 aromatic carbocycles. The monoisotopic (exact) mass is 843 g/mol. The number of ether oxygens (including phenoxy) is 1. The molecule has 2 nitrogen and oxygen atoms in total. The summed E-state index contributed by atoms with van der Waals surface area (Å²) in [5.74, 6) is 0.0315. The zero-order valence-corrected chi connectivity index (χ0v) is 41.9. The molecule has 0 bridgehead atoms. The molecule has 0 aliphatic rings. The van der Waals surface area contributed by atoms with Crippen LogP contribution in [0.1, 0.15) is 348 Å². The van der Waals surface area contributed by atoms with Crippen LogP contribution in [0, 0.1) is 0 Å². The van der Waals surface area contributed by atoms with Gasteiger partial charge in [-0.3, -0.25) is 4.79 Å². The SMILES string of the molecule is CCCCCCCCC=CCCCCCCCCCCCCCC(=O)OCCCCCCCCCCCCCCCCCCCCCCCCCCCCCCCCCC. The maximum atomic E-state index is 12.1. The molecule has 0 saturated heterocycles. The number of esters is 1. The first-order chi connectivity index (χ1) is 29.8. The Bertz CT molecular complexity index is 788. The predicted molar refractivity (Wildman–Crippen MR) is 272 cm³/mol. The molecular formula is C58H114O2. The van der Waals surface area contributed by atoms with E-state index in [-0.39, 0.29) is 5.97 Å². The molecular weight excluding hydrogens is 729 g/mol. The third-order valence-corrected chi connectivity index (χ3v) is 13.4. The zero-order chi connectivity index (χ0) is 43.2. The number of hydrogen-bond donors (Lipinski definition) is 0. The molecule has 0 aromatic rings. The van der Waals surface area contributed by atoms with E-state index in [1.807, 2.05) is 0 Å². The summed E-state index contributed by atoms with van der Waals surface area (Å²) in [5.41, 5.74) is 0. The molecule has 0 aromatic heterocycles. The summed E-state index contributed by atoms with van der Waals surface area (Å²) in [7, 11) is 0. The highest BCUT2D eigenvalue weighted by molar-refractivity contribution is 5.69. The van der Waals surface area contributed by atoms with Crippen molar-refractivity contribution in [3.05, 3.63) is 12.2 Å². The van der Waals surface area contributed by atoms with Crippen molar-refractivity contribution in [1.29, 1.82) is 0 Å². The van der Waals surface area contributed by atoms with E-state index in [4.69, 9.17) is 4.74 Å². The standard InChI is InChI=1S/C58H114O2/c1-3-5-7-9-11-13-15-17-19-21-23-25-26-27-28-29-30-31-32-33-34-35-37-39-41-43-45-47-49-51-53-55-57-60-58(59)56-54-52-50-48-46-44-42-40-38-36-24-22-20-18-16-14-12-10-8-6-4-2/h18,20H,3-17,19,21-57H2,1-2H3. The smallest absolute Gasteiger partial charge is 0.305 e. The Morgan fingerprint density at radius 2 is 0.467 bits per heavy atom. The van der Waals surface area contributed by atoms with Crippen LogP contribution in [0.2, 0.25) is 0 Å². The molecule has 0 radical (unpaired) electrons. The fourth-order valence-electron chi connectivity index (χ4n) is 9.14. The van der Waals surface area contributed by atoms with Gasteiger partial charge in [-0.1, -0.05) is 315 Å². The highest BCUT2D eigenvalue weighted by Crippen LogP contribution is 2.18. The fourth-order valence-corrected chi connectivity index (χ4v) is 9.14. The Hall–Kier alpha value is -0.790. The number of unbranched alkanes of at least 4 members (excludes halogenated alkanes) is 48. The largest absolute Gasteiger partial charge is 0.466 e. The van der Waals surface area contributed by atoms with Gasteiger partial charge in [-0.2, -0.15) is 0 Å². The fraction of sp³-hybridized carbons (Fsp3) is 0.948. The second-order valence-electron chi connectivity index (χ2n) is 19.6. The number of hydrogen-bond acceptors (Lipinski definition) is 2. The van der Waals surface area contributed by atoms with Gasteiger partial charge in [0.05, 0.1) is 6.61 Å². The molecule has 0 heterocycles. The quantitative estimate of drug-likeness (QED) is 0.0346. The maximum absolute atomic E-state index is 12.1. The van der Waals surface area contributed by atoms with Crippen LogP contribution in [0.3, 0.4) is 0 Å². The summed E-state index contributed by atoms with van der Waals surface area (Å²) >= 11 is 0.